The molecule has 9 heteroatoms. The molecule has 0 aromatic rings. The fraction of sp³-hybridized carbons (Fsp3) is 0.944. The molecule has 8 nitrogen and oxygen atoms in total. The molecule has 2 heterocycles. The molecule has 0 saturated carbocycles. The van der Waals surface area contributed by atoms with Crippen molar-refractivity contribution >= 4 is 17.7 Å². The molecule has 0 aromatic heterocycles. The SMILES string of the molecule is CCC[C@@H]1C[C@@H](C(=O)NC(C(C)O)C2O[C@H](SC)[C@H](O)[C@@H](O)C2O)N(C)C1. The van der Waals surface area contributed by atoms with Crippen LogP contribution >= 0.6 is 11.8 Å². The lowest BCUT2D eigenvalue weighted by Crippen LogP contribution is -2.65. The largest absolute Gasteiger partial charge is 0.391 e. The van der Waals surface area contributed by atoms with Crippen LogP contribution in [0.2, 0.25) is 0 Å². The second-order valence-corrected chi connectivity index (χ2v) is 8.73. The summed E-state index contributed by atoms with van der Waals surface area (Å²) in [5.74, 6) is 0.245. The van der Waals surface area contributed by atoms with Gasteiger partial charge in [-0.15, -0.1) is 11.8 Å². The van der Waals surface area contributed by atoms with Gasteiger partial charge in [0.25, 0.3) is 0 Å². The number of hydrogen-bond donors (Lipinski definition) is 5. The Bertz CT molecular complexity index is 494. The van der Waals surface area contributed by atoms with E-state index in [9.17, 15) is 25.2 Å². The molecule has 158 valence electrons. The van der Waals surface area contributed by atoms with E-state index < -0.39 is 42.0 Å². The van der Waals surface area contributed by atoms with Crippen LogP contribution in [0.4, 0.5) is 0 Å². The zero-order chi connectivity index (χ0) is 20.3. The number of carbonyl (C=O) groups is 1. The van der Waals surface area contributed by atoms with E-state index in [2.05, 4.69) is 12.2 Å². The third kappa shape index (κ3) is 5.14. The van der Waals surface area contributed by atoms with Crippen LogP contribution < -0.4 is 5.32 Å². The Hall–Kier alpha value is -0.420. The summed E-state index contributed by atoms with van der Waals surface area (Å²) in [5, 5.41) is 43.5. The lowest BCUT2D eigenvalue weighted by atomic mass is 9.92. The molecule has 2 saturated heterocycles. The van der Waals surface area contributed by atoms with E-state index in [0.717, 1.165) is 25.8 Å². The molecule has 5 N–H and O–H groups in total. The van der Waals surface area contributed by atoms with Gasteiger partial charge >= 0.3 is 0 Å². The second kappa shape index (κ2) is 9.87. The predicted octanol–water partition coefficient (Wildman–Crippen LogP) is -0.857. The first kappa shape index (κ1) is 22.9. The quantitative estimate of drug-likeness (QED) is 0.370. The molecule has 2 aliphatic rings. The lowest BCUT2D eigenvalue weighted by Gasteiger charge is -2.44. The number of rotatable bonds is 7. The number of nitrogens with one attached hydrogen (secondary N) is 1. The van der Waals surface area contributed by atoms with Crippen LogP contribution in [0.1, 0.15) is 33.1 Å². The molecule has 2 aliphatic heterocycles. The normalized spacial score (nSPS) is 39.9. The Morgan fingerprint density at radius 2 is 1.96 bits per heavy atom. The maximum absolute atomic E-state index is 12.8. The molecule has 2 rings (SSSR count). The predicted molar refractivity (Wildman–Crippen MR) is 103 cm³/mol. The molecule has 0 aliphatic carbocycles. The van der Waals surface area contributed by atoms with E-state index in [0.29, 0.717) is 5.92 Å². The summed E-state index contributed by atoms with van der Waals surface area (Å²) in [7, 11) is 1.91. The molecular weight excluding hydrogens is 372 g/mol. The van der Waals surface area contributed by atoms with Crippen molar-refractivity contribution in [1.82, 2.24) is 10.2 Å². The van der Waals surface area contributed by atoms with Crippen molar-refractivity contribution in [3.05, 3.63) is 0 Å². The van der Waals surface area contributed by atoms with Gasteiger partial charge in [0, 0.05) is 6.54 Å². The van der Waals surface area contributed by atoms with Gasteiger partial charge in [-0.25, -0.2) is 0 Å². The number of thioether (sulfide) groups is 1. The van der Waals surface area contributed by atoms with E-state index in [4.69, 9.17) is 4.74 Å². The van der Waals surface area contributed by atoms with Crippen LogP contribution in [0, 0.1) is 5.92 Å². The van der Waals surface area contributed by atoms with Gasteiger partial charge in [-0.1, -0.05) is 13.3 Å². The van der Waals surface area contributed by atoms with E-state index in [1.165, 1.54) is 18.7 Å². The highest BCUT2D eigenvalue weighted by Gasteiger charge is 2.48. The monoisotopic (exact) mass is 406 g/mol. The van der Waals surface area contributed by atoms with Gasteiger partial charge < -0.3 is 30.5 Å². The summed E-state index contributed by atoms with van der Waals surface area (Å²) in [5.41, 5.74) is -0.755. The van der Waals surface area contributed by atoms with Gasteiger partial charge in [-0.05, 0) is 39.0 Å². The topological polar surface area (TPSA) is 122 Å². The van der Waals surface area contributed by atoms with Crippen molar-refractivity contribution in [3.8, 4) is 0 Å². The molecule has 2 fully saturated rings. The number of likely N-dealkylation sites (tertiary alicyclic amines) is 1. The summed E-state index contributed by atoms with van der Waals surface area (Å²) in [6.45, 7) is 4.48. The number of amides is 1. The van der Waals surface area contributed by atoms with Crippen molar-refractivity contribution in [3.63, 3.8) is 0 Å². The molecule has 27 heavy (non-hydrogen) atoms. The summed E-state index contributed by atoms with van der Waals surface area (Å²) in [6.07, 6.45) is -1.50. The van der Waals surface area contributed by atoms with Crippen LogP contribution in [-0.4, -0.2) is 99.1 Å². The van der Waals surface area contributed by atoms with E-state index >= 15 is 0 Å². The first-order chi connectivity index (χ1) is 12.7. The molecule has 0 bridgehead atoms. The van der Waals surface area contributed by atoms with Crippen LogP contribution in [-0.2, 0) is 9.53 Å². The van der Waals surface area contributed by atoms with Crippen molar-refractivity contribution in [2.75, 3.05) is 19.8 Å². The standard InChI is InChI=1S/C18H34N2O6S/c1-5-6-10-7-11(20(3)8-10)17(25)19-12(9(2)21)16-14(23)13(22)15(24)18(26-16)27-4/h9-16,18,21-24H,5-8H2,1-4H3,(H,19,25)/t9?,10-,11+,12?,13+,14?,15-,16?,18-/m1/s1. The second-order valence-electron chi connectivity index (χ2n) is 7.80. The maximum atomic E-state index is 12.8. The minimum Gasteiger partial charge on any atom is -0.391 e. The Labute approximate surface area is 165 Å². The van der Waals surface area contributed by atoms with Crippen molar-refractivity contribution < 1.29 is 30.0 Å². The first-order valence-corrected chi connectivity index (χ1v) is 10.9. The number of hydrogen-bond acceptors (Lipinski definition) is 8. The van der Waals surface area contributed by atoms with Gasteiger partial charge in [0.15, 0.2) is 0 Å². The van der Waals surface area contributed by atoms with E-state index in [-0.39, 0.29) is 11.9 Å². The van der Waals surface area contributed by atoms with Crippen LogP contribution in [0.15, 0.2) is 0 Å². The highest BCUT2D eigenvalue weighted by Crippen LogP contribution is 2.30. The molecular formula is C18H34N2O6S. The third-order valence-electron chi connectivity index (χ3n) is 5.66. The van der Waals surface area contributed by atoms with Crippen molar-refractivity contribution in [2.45, 2.75) is 81.1 Å². The summed E-state index contributed by atoms with van der Waals surface area (Å²) in [4.78, 5) is 14.9. The highest BCUT2D eigenvalue weighted by molar-refractivity contribution is 7.99. The van der Waals surface area contributed by atoms with Crippen molar-refractivity contribution in [2.24, 2.45) is 5.92 Å². The van der Waals surface area contributed by atoms with Crippen LogP contribution in [0.25, 0.3) is 0 Å². The number of nitrogens with zero attached hydrogens (tertiary/aromatic N) is 1. The highest BCUT2D eigenvalue weighted by atomic mass is 32.2. The number of carbonyl (C=O) groups excluding carboxylic acids is 1. The lowest BCUT2D eigenvalue weighted by molar-refractivity contribution is -0.211. The van der Waals surface area contributed by atoms with Gasteiger partial charge in [0.1, 0.15) is 29.9 Å². The number of aliphatic hydroxyl groups excluding tert-OH is 4. The molecule has 9 atom stereocenters. The summed E-state index contributed by atoms with van der Waals surface area (Å²) < 4.78 is 5.72. The summed E-state index contributed by atoms with van der Waals surface area (Å²) in [6, 6.07) is -1.20. The molecule has 0 spiro atoms. The maximum Gasteiger partial charge on any atom is 0.237 e. The molecule has 4 unspecified atom stereocenters. The zero-order valence-electron chi connectivity index (χ0n) is 16.5. The van der Waals surface area contributed by atoms with Gasteiger partial charge in [0.2, 0.25) is 5.91 Å². The average Bonchev–Trinajstić information content (AvgIpc) is 2.99. The average molecular weight is 407 g/mol. The molecule has 0 aromatic carbocycles. The van der Waals surface area contributed by atoms with Gasteiger partial charge in [-0.3, -0.25) is 9.69 Å². The smallest absolute Gasteiger partial charge is 0.237 e. The number of ether oxygens (including phenoxy) is 1. The minimum atomic E-state index is -1.42. The molecule has 1 amide bonds. The third-order valence-corrected chi connectivity index (χ3v) is 6.51. The number of aliphatic hydroxyl groups is 4. The Kier molecular flexibility index (Phi) is 8.35. The summed E-state index contributed by atoms with van der Waals surface area (Å²) >= 11 is 1.20. The molecule has 0 radical (unpaired) electrons. The Morgan fingerprint density at radius 1 is 1.30 bits per heavy atom. The zero-order valence-corrected chi connectivity index (χ0v) is 17.3. The van der Waals surface area contributed by atoms with Gasteiger partial charge in [-0.2, -0.15) is 0 Å². The van der Waals surface area contributed by atoms with Crippen LogP contribution in [0.5, 0.6) is 0 Å². The van der Waals surface area contributed by atoms with Gasteiger partial charge in [0.05, 0.1) is 18.2 Å². The van der Waals surface area contributed by atoms with Crippen LogP contribution in [0.3, 0.4) is 0 Å². The fourth-order valence-electron chi connectivity index (χ4n) is 4.13. The minimum absolute atomic E-state index is 0.223. The van der Waals surface area contributed by atoms with E-state index in [1.807, 2.05) is 11.9 Å². The Balaban J connectivity index is 2.09. The van der Waals surface area contributed by atoms with E-state index in [1.54, 1.807) is 6.26 Å². The Morgan fingerprint density at radius 3 is 2.52 bits per heavy atom. The number of likely N-dealkylation sites (N-methyl/N-ethyl adjacent to an activating group) is 1. The van der Waals surface area contributed by atoms with Crippen molar-refractivity contribution in [1.29, 1.82) is 0 Å². The fourth-order valence-corrected chi connectivity index (χ4v) is 4.81. The first-order valence-electron chi connectivity index (χ1n) is 9.62.